The van der Waals surface area contributed by atoms with Crippen molar-refractivity contribution in [3.8, 4) is 5.75 Å². The molecule has 140 valence electrons. The van der Waals surface area contributed by atoms with Crippen LogP contribution in [-0.4, -0.2) is 17.6 Å². The Morgan fingerprint density at radius 3 is 2.63 bits per heavy atom. The first-order chi connectivity index (χ1) is 12.9. The molecule has 0 atom stereocenters. The van der Waals surface area contributed by atoms with Gasteiger partial charge < -0.3 is 14.8 Å². The Morgan fingerprint density at radius 1 is 1.15 bits per heavy atom. The highest BCUT2D eigenvalue weighted by molar-refractivity contribution is 5.87. The lowest BCUT2D eigenvalue weighted by Gasteiger charge is -2.10. The van der Waals surface area contributed by atoms with Crippen LogP contribution in [0.25, 0.3) is 11.0 Å². The minimum atomic E-state index is -0.599. The molecule has 1 heterocycles. The predicted molar refractivity (Wildman–Crippen MR) is 100 cm³/mol. The van der Waals surface area contributed by atoms with Crippen LogP contribution >= 0.6 is 0 Å². The van der Waals surface area contributed by atoms with Crippen molar-refractivity contribution >= 4 is 16.9 Å². The number of fused-ring (bicyclic) bond motifs is 1. The van der Waals surface area contributed by atoms with Crippen LogP contribution in [-0.2, 0) is 17.6 Å². The lowest BCUT2D eigenvalue weighted by molar-refractivity contribution is -0.120. The third kappa shape index (κ3) is 3.84. The Kier molecular flexibility index (Phi) is 5.26. The molecule has 1 amide bonds. The summed E-state index contributed by atoms with van der Waals surface area (Å²) in [5.41, 5.74) is 1.65. The number of rotatable bonds is 5. The quantitative estimate of drug-likeness (QED) is 0.677. The van der Waals surface area contributed by atoms with Crippen molar-refractivity contribution in [2.45, 2.75) is 26.7 Å². The SMILES string of the molecule is Cc1c(CC(=O)NCCc2ccccc2F)c(=O)oc2c(C)c(O)ccc12. The van der Waals surface area contributed by atoms with E-state index in [9.17, 15) is 19.1 Å². The number of carbonyl (C=O) groups is 1. The van der Waals surface area contributed by atoms with Crippen LogP contribution in [0, 0.1) is 19.7 Å². The van der Waals surface area contributed by atoms with E-state index in [0.717, 1.165) is 0 Å². The number of hydrogen-bond donors (Lipinski definition) is 2. The first kappa shape index (κ1) is 18.6. The fourth-order valence-corrected chi connectivity index (χ4v) is 3.04. The number of phenolic OH excluding ortho intramolecular Hbond substituents is 1. The molecule has 6 heteroatoms. The highest BCUT2D eigenvalue weighted by atomic mass is 19.1. The van der Waals surface area contributed by atoms with Crippen molar-refractivity contribution in [2.24, 2.45) is 0 Å². The Balaban J connectivity index is 1.74. The zero-order valence-corrected chi connectivity index (χ0v) is 15.1. The molecule has 2 N–H and O–H groups in total. The van der Waals surface area contributed by atoms with Crippen molar-refractivity contribution in [1.29, 1.82) is 0 Å². The molecule has 0 aliphatic rings. The van der Waals surface area contributed by atoms with E-state index in [2.05, 4.69) is 5.32 Å². The Morgan fingerprint density at radius 2 is 1.89 bits per heavy atom. The second-order valence-electron chi connectivity index (χ2n) is 6.45. The molecule has 0 saturated heterocycles. The van der Waals surface area contributed by atoms with E-state index in [-0.39, 0.29) is 36.0 Å². The Bertz CT molecular complexity index is 1070. The van der Waals surface area contributed by atoms with E-state index in [0.29, 0.717) is 34.1 Å². The van der Waals surface area contributed by atoms with E-state index in [4.69, 9.17) is 4.42 Å². The third-order valence-electron chi connectivity index (χ3n) is 4.69. The molecule has 0 fully saturated rings. The molecular weight excluding hydrogens is 349 g/mol. The number of phenols is 1. The van der Waals surface area contributed by atoms with Crippen LogP contribution in [0.3, 0.4) is 0 Å². The summed E-state index contributed by atoms with van der Waals surface area (Å²) in [5, 5.41) is 13.2. The summed E-state index contributed by atoms with van der Waals surface area (Å²) in [6.07, 6.45) is 0.240. The van der Waals surface area contributed by atoms with Crippen LogP contribution < -0.4 is 10.9 Å². The van der Waals surface area contributed by atoms with Gasteiger partial charge in [-0.15, -0.1) is 0 Å². The van der Waals surface area contributed by atoms with Gasteiger partial charge in [-0.25, -0.2) is 9.18 Å². The number of aromatic hydroxyl groups is 1. The van der Waals surface area contributed by atoms with Crippen LogP contribution in [0.15, 0.2) is 45.6 Å². The molecule has 0 spiro atoms. The van der Waals surface area contributed by atoms with Gasteiger partial charge >= 0.3 is 5.63 Å². The molecule has 5 nitrogen and oxygen atoms in total. The predicted octanol–water partition coefficient (Wildman–Crippen LogP) is 3.16. The minimum Gasteiger partial charge on any atom is -0.508 e. The summed E-state index contributed by atoms with van der Waals surface area (Å²) in [6.45, 7) is 3.68. The lowest BCUT2D eigenvalue weighted by atomic mass is 10.0. The van der Waals surface area contributed by atoms with E-state index < -0.39 is 5.63 Å². The Labute approximate surface area is 155 Å². The number of hydrogen-bond acceptors (Lipinski definition) is 4. The summed E-state index contributed by atoms with van der Waals surface area (Å²) >= 11 is 0. The molecule has 0 saturated carbocycles. The van der Waals surface area contributed by atoms with E-state index >= 15 is 0 Å². The van der Waals surface area contributed by atoms with Gasteiger partial charge in [0.15, 0.2) is 0 Å². The smallest absolute Gasteiger partial charge is 0.340 e. The maximum absolute atomic E-state index is 13.6. The molecule has 1 aromatic heterocycles. The number of halogens is 1. The molecule has 0 bridgehead atoms. The highest BCUT2D eigenvalue weighted by Crippen LogP contribution is 2.28. The summed E-state index contributed by atoms with van der Waals surface area (Å²) < 4.78 is 18.9. The summed E-state index contributed by atoms with van der Waals surface area (Å²) in [6, 6.07) is 9.59. The molecule has 0 aliphatic heterocycles. The van der Waals surface area contributed by atoms with Gasteiger partial charge in [0.25, 0.3) is 0 Å². The number of aryl methyl sites for hydroxylation is 2. The molecular formula is C21H20FNO4. The van der Waals surface area contributed by atoms with E-state index in [1.807, 2.05) is 0 Å². The summed E-state index contributed by atoms with van der Waals surface area (Å²) in [7, 11) is 0. The third-order valence-corrected chi connectivity index (χ3v) is 4.69. The van der Waals surface area contributed by atoms with Crippen LogP contribution in [0.5, 0.6) is 5.75 Å². The minimum absolute atomic E-state index is 0.0451. The molecule has 0 unspecified atom stereocenters. The molecule has 0 aliphatic carbocycles. The first-order valence-corrected chi connectivity index (χ1v) is 8.63. The standard InChI is InChI=1S/C21H20FNO4/c1-12-15-7-8-18(24)13(2)20(15)27-21(26)16(12)11-19(25)23-10-9-14-5-3-4-6-17(14)22/h3-8,24H,9-11H2,1-2H3,(H,23,25). The molecule has 3 aromatic rings. The van der Waals surface area contributed by atoms with Gasteiger partial charge in [0.1, 0.15) is 17.1 Å². The second kappa shape index (κ2) is 7.61. The molecule has 27 heavy (non-hydrogen) atoms. The first-order valence-electron chi connectivity index (χ1n) is 8.63. The second-order valence-corrected chi connectivity index (χ2v) is 6.45. The van der Waals surface area contributed by atoms with Crippen LogP contribution in [0.2, 0.25) is 0 Å². The van der Waals surface area contributed by atoms with Gasteiger partial charge in [0, 0.05) is 17.5 Å². The lowest BCUT2D eigenvalue weighted by Crippen LogP contribution is -2.29. The molecule has 0 radical (unpaired) electrons. The fourth-order valence-electron chi connectivity index (χ4n) is 3.04. The number of carbonyl (C=O) groups excluding carboxylic acids is 1. The largest absolute Gasteiger partial charge is 0.508 e. The number of nitrogens with one attached hydrogen (secondary N) is 1. The highest BCUT2D eigenvalue weighted by Gasteiger charge is 2.17. The average molecular weight is 369 g/mol. The van der Waals surface area contributed by atoms with Crippen molar-refractivity contribution in [1.82, 2.24) is 5.32 Å². The van der Waals surface area contributed by atoms with Crippen LogP contribution in [0.4, 0.5) is 4.39 Å². The van der Waals surface area contributed by atoms with Gasteiger partial charge in [0.2, 0.25) is 5.91 Å². The monoisotopic (exact) mass is 369 g/mol. The van der Waals surface area contributed by atoms with Crippen molar-refractivity contribution in [2.75, 3.05) is 6.54 Å². The van der Waals surface area contributed by atoms with Crippen LogP contribution in [0.1, 0.15) is 22.3 Å². The van der Waals surface area contributed by atoms with Gasteiger partial charge in [0.05, 0.1) is 12.0 Å². The summed E-state index contributed by atoms with van der Waals surface area (Å²) in [4.78, 5) is 24.5. The normalized spacial score (nSPS) is 10.9. The topological polar surface area (TPSA) is 79.5 Å². The number of benzene rings is 2. The zero-order chi connectivity index (χ0) is 19.6. The molecule has 2 aromatic carbocycles. The maximum Gasteiger partial charge on any atom is 0.340 e. The summed E-state index contributed by atoms with van der Waals surface area (Å²) in [5.74, 6) is -0.600. The fraction of sp³-hybridized carbons (Fsp3) is 0.238. The maximum atomic E-state index is 13.6. The zero-order valence-electron chi connectivity index (χ0n) is 15.1. The number of amides is 1. The molecule has 3 rings (SSSR count). The van der Waals surface area contributed by atoms with Gasteiger partial charge in [-0.3, -0.25) is 4.79 Å². The average Bonchev–Trinajstić information content (AvgIpc) is 2.64. The van der Waals surface area contributed by atoms with E-state index in [1.165, 1.54) is 12.1 Å². The Hall–Kier alpha value is -3.15. The van der Waals surface area contributed by atoms with Crippen molar-refractivity contribution in [3.63, 3.8) is 0 Å². The van der Waals surface area contributed by atoms with Crippen molar-refractivity contribution < 1.29 is 18.7 Å². The van der Waals surface area contributed by atoms with Gasteiger partial charge in [-0.2, -0.15) is 0 Å². The van der Waals surface area contributed by atoms with Crippen molar-refractivity contribution in [3.05, 3.63) is 74.9 Å². The van der Waals surface area contributed by atoms with Gasteiger partial charge in [-0.1, -0.05) is 18.2 Å². The van der Waals surface area contributed by atoms with E-state index in [1.54, 1.807) is 38.1 Å². The van der Waals surface area contributed by atoms with Gasteiger partial charge in [-0.05, 0) is 49.6 Å².